The number of hydrogen-bond acceptors (Lipinski definition) is 4. The predicted molar refractivity (Wildman–Crippen MR) is 61.5 cm³/mol. The van der Waals surface area contributed by atoms with Crippen LogP contribution in [-0.4, -0.2) is 27.2 Å². The molecule has 84 valence electrons. The van der Waals surface area contributed by atoms with Crippen LogP contribution in [0.15, 0.2) is 28.9 Å². The Bertz CT molecular complexity index is 499. The zero-order valence-electron chi connectivity index (χ0n) is 8.59. The monoisotopic (exact) mass is 283 g/mol. The molecular weight excluding hydrogens is 274 g/mol. The molecule has 6 heteroatoms. The van der Waals surface area contributed by atoms with Gasteiger partial charge in [0.05, 0.1) is 30.1 Å². The third-order valence-corrected chi connectivity index (χ3v) is 2.76. The Hall–Kier alpha value is -1.40. The van der Waals surface area contributed by atoms with Gasteiger partial charge < -0.3 is 9.84 Å². The molecule has 0 amide bonds. The van der Waals surface area contributed by atoms with Gasteiger partial charge in [0.1, 0.15) is 11.4 Å². The maximum atomic E-state index is 8.89. The Morgan fingerprint density at radius 2 is 2.31 bits per heavy atom. The summed E-state index contributed by atoms with van der Waals surface area (Å²) in [5.74, 6) is 0.721. The van der Waals surface area contributed by atoms with Gasteiger partial charge in [0.25, 0.3) is 0 Å². The number of rotatable bonds is 3. The summed E-state index contributed by atoms with van der Waals surface area (Å²) in [4.78, 5) is 0. The van der Waals surface area contributed by atoms with Crippen LogP contribution in [0.2, 0.25) is 0 Å². The maximum absolute atomic E-state index is 8.89. The minimum atomic E-state index is -0.117. The lowest BCUT2D eigenvalue weighted by atomic mass is 10.3. The van der Waals surface area contributed by atoms with Crippen molar-refractivity contribution >= 4 is 15.9 Å². The second-order valence-electron chi connectivity index (χ2n) is 3.13. The van der Waals surface area contributed by atoms with E-state index in [-0.39, 0.29) is 6.61 Å². The van der Waals surface area contributed by atoms with Gasteiger partial charge in [-0.2, -0.15) is 0 Å². The minimum absolute atomic E-state index is 0.117. The molecule has 1 heterocycles. The van der Waals surface area contributed by atoms with Crippen molar-refractivity contribution in [2.45, 2.75) is 6.61 Å². The third-order valence-electron chi connectivity index (χ3n) is 2.10. The summed E-state index contributed by atoms with van der Waals surface area (Å²) in [6, 6.07) is 5.58. The number of benzene rings is 1. The van der Waals surface area contributed by atoms with Crippen molar-refractivity contribution in [3.8, 4) is 11.4 Å². The summed E-state index contributed by atoms with van der Waals surface area (Å²) in [5, 5.41) is 16.6. The van der Waals surface area contributed by atoms with E-state index >= 15 is 0 Å². The van der Waals surface area contributed by atoms with Crippen LogP contribution < -0.4 is 4.74 Å². The van der Waals surface area contributed by atoms with Crippen molar-refractivity contribution in [3.63, 3.8) is 0 Å². The molecule has 0 spiro atoms. The zero-order valence-corrected chi connectivity index (χ0v) is 10.2. The molecule has 1 N–H and O–H groups in total. The SMILES string of the molecule is COc1cc(-n2cc(CO)nn2)ccc1Br. The molecule has 0 radical (unpaired) electrons. The zero-order chi connectivity index (χ0) is 11.5. The van der Waals surface area contributed by atoms with Gasteiger partial charge in [-0.3, -0.25) is 0 Å². The second kappa shape index (κ2) is 4.63. The van der Waals surface area contributed by atoms with Gasteiger partial charge in [0.2, 0.25) is 0 Å². The summed E-state index contributed by atoms with van der Waals surface area (Å²) >= 11 is 3.37. The van der Waals surface area contributed by atoms with Crippen LogP contribution in [0.3, 0.4) is 0 Å². The van der Waals surface area contributed by atoms with E-state index in [9.17, 15) is 0 Å². The van der Waals surface area contributed by atoms with Gasteiger partial charge >= 0.3 is 0 Å². The quantitative estimate of drug-likeness (QED) is 0.928. The highest BCUT2D eigenvalue weighted by atomic mass is 79.9. The largest absolute Gasteiger partial charge is 0.495 e. The molecule has 5 nitrogen and oxygen atoms in total. The van der Waals surface area contributed by atoms with E-state index in [4.69, 9.17) is 9.84 Å². The highest BCUT2D eigenvalue weighted by Gasteiger charge is 2.05. The third kappa shape index (κ3) is 2.07. The van der Waals surface area contributed by atoms with Crippen LogP contribution >= 0.6 is 15.9 Å². The van der Waals surface area contributed by atoms with Crippen LogP contribution in [0.25, 0.3) is 5.69 Å². The lowest BCUT2D eigenvalue weighted by molar-refractivity contribution is 0.276. The predicted octanol–water partition coefficient (Wildman–Crippen LogP) is 1.53. The fourth-order valence-electron chi connectivity index (χ4n) is 1.29. The molecule has 0 saturated heterocycles. The summed E-state index contributed by atoms with van der Waals surface area (Å²) in [5.41, 5.74) is 1.36. The number of nitrogens with zero attached hydrogens (tertiary/aromatic N) is 3. The summed E-state index contributed by atoms with van der Waals surface area (Å²) in [6.45, 7) is -0.117. The molecule has 0 aliphatic heterocycles. The molecular formula is C10H10BrN3O2. The molecule has 0 unspecified atom stereocenters. The van der Waals surface area contributed by atoms with Gasteiger partial charge in [-0.25, -0.2) is 4.68 Å². The van der Waals surface area contributed by atoms with E-state index in [1.54, 1.807) is 18.0 Å². The Kier molecular flexibility index (Phi) is 3.21. The Labute approximate surface area is 101 Å². The first kappa shape index (κ1) is 11.1. The van der Waals surface area contributed by atoms with E-state index < -0.39 is 0 Å². The maximum Gasteiger partial charge on any atom is 0.135 e. The van der Waals surface area contributed by atoms with Gasteiger partial charge in [0.15, 0.2) is 0 Å². The van der Waals surface area contributed by atoms with E-state index in [0.29, 0.717) is 5.69 Å². The number of aliphatic hydroxyl groups excluding tert-OH is 1. The minimum Gasteiger partial charge on any atom is -0.495 e. The summed E-state index contributed by atoms with van der Waals surface area (Å²) in [6.07, 6.45) is 1.67. The average molecular weight is 284 g/mol. The molecule has 0 saturated carbocycles. The topological polar surface area (TPSA) is 60.2 Å². The molecule has 2 aromatic rings. The van der Waals surface area contributed by atoms with E-state index in [1.807, 2.05) is 18.2 Å². The molecule has 0 aliphatic carbocycles. The van der Waals surface area contributed by atoms with Crippen LogP contribution in [-0.2, 0) is 6.61 Å². The first-order valence-corrected chi connectivity index (χ1v) is 5.40. The number of aliphatic hydroxyl groups is 1. The number of methoxy groups -OCH3 is 1. The van der Waals surface area contributed by atoms with Crippen molar-refractivity contribution in [1.29, 1.82) is 0 Å². The highest BCUT2D eigenvalue weighted by Crippen LogP contribution is 2.26. The molecule has 1 aromatic heterocycles. The lowest BCUT2D eigenvalue weighted by Gasteiger charge is -2.05. The van der Waals surface area contributed by atoms with Gasteiger partial charge in [-0.15, -0.1) is 5.10 Å². The highest BCUT2D eigenvalue weighted by molar-refractivity contribution is 9.10. The molecule has 0 bridgehead atoms. The van der Waals surface area contributed by atoms with Gasteiger partial charge in [-0.1, -0.05) is 5.21 Å². The van der Waals surface area contributed by atoms with Crippen molar-refractivity contribution in [2.75, 3.05) is 7.11 Å². The Morgan fingerprint density at radius 3 is 2.94 bits per heavy atom. The van der Waals surface area contributed by atoms with Crippen LogP contribution in [0.4, 0.5) is 0 Å². The first-order valence-electron chi connectivity index (χ1n) is 4.60. The standard InChI is InChI=1S/C10H10BrN3O2/c1-16-10-4-8(2-3-9(10)11)14-5-7(6-15)12-13-14/h2-5,15H,6H2,1H3. The second-order valence-corrected chi connectivity index (χ2v) is 3.99. The van der Waals surface area contributed by atoms with Gasteiger partial charge in [0, 0.05) is 6.07 Å². The van der Waals surface area contributed by atoms with E-state index in [2.05, 4.69) is 26.2 Å². The number of ether oxygens (including phenoxy) is 1. The van der Waals surface area contributed by atoms with E-state index in [0.717, 1.165) is 15.9 Å². The van der Waals surface area contributed by atoms with Crippen molar-refractivity contribution in [3.05, 3.63) is 34.6 Å². The molecule has 0 atom stereocenters. The van der Waals surface area contributed by atoms with E-state index in [1.165, 1.54) is 0 Å². The van der Waals surface area contributed by atoms with Gasteiger partial charge in [-0.05, 0) is 28.1 Å². The smallest absolute Gasteiger partial charge is 0.135 e. The normalized spacial score (nSPS) is 10.4. The Balaban J connectivity index is 2.40. The van der Waals surface area contributed by atoms with Crippen LogP contribution in [0.5, 0.6) is 5.75 Å². The summed E-state index contributed by atoms with van der Waals surface area (Å²) in [7, 11) is 1.60. The van der Waals surface area contributed by atoms with Crippen molar-refractivity contribution in [1.82, 2.24) is 15.0 Å². The molecule has 16 heavy (non-hydrogen) atoms. The first-order chi connectivity index (χ1) is 7.74. The lowest BCUT2D eigenvalue weighted by Crippen LogP contribution is -1.96. The number of hydrogen-bond donors (Lipinski definition) is 1. The summed E-state index contributed by atoms with van der Waals surface area (Å²) < 4.78 is 7.64. The Morgan fingerprint density at radius 1 is 1.50 bits per heavy atom. The number of halogens is 1. The van der Waals surface area contributed by atoms with Crippen LogP contribution in [0.1, 0.15) is 5.69 Å². The molecule has 1 aromatic carbocycles. The van der Waals surface area contributed by atoms with Crippen LogP contribution in [0, 0.1) is 0 Å². The molecule has 0 fully saturated rings. The fourth-order valence-corrected chi connectivity index (χ4v) is 1.70. The van der Waals surface area contributed by atoms with Crippen molar-refractivity contribution < 1.29 is 9.84 Å². The number of aromatic nitrogens is 3. The molecule has 2 rings (SSSR count). The molecule has 0 aliphatic rings. The van der Waals surface area contributed by atoms with Crippen molar-refractivity contribution in [2.24, 2.45) is 0 Å². The average Bonchev–Trinajstić information content (AvgIpc) is 2.78. The fraction of sp³-hybridized carbons (Fsp3) is 0.200.